The molecule has 2 aromatic carbocycles. The lowest BCUT2D eigenvalue weighted by Crippen LogP contribution is -2.57. The van der Waals surface area contributed by atoms with E-state index in [1.165, 1.54) is 0 Å². The van der Waals surface area contributed by atoms with Crippen molar-refractivity contribution in [3.05, 3.63) is 64.6 Å². The molecule has 0 aromatic heterocycles. The maximum absolute atomic E-state index is 13.8. The number of anilines is 1. The molecule has 1 spiro atoms. The Morgan fingerprint density at radius 2 is 1.68 bits per heavy atom. The first-order chi connectivity index (χ1) is 16.4. The lowest BCUT2D eigenvalue weighted by Gasteiger charge is -2.43. The monoisotopic (exact) mass is 526 g/mol. The molecule has 2 fully saturated rings. The summed E-state index contributed by atoms with van der Waals surface area (Å²) in [6, 6.07) is 17.3. The molecule has 4 rings (SSSR count). The van der Waals surface area contributed by atoms with Crippen LogP contribution in [0.3, 0.4) is 0 Å². The van der Waals surface area contributed by atoms with Gasteiger partial charge >= 0.3 is 0 Å². The molecular weight excluding hydrogens is 496 g/mol. The molecule has 0 atom stereocenters. The van der Waals surface area contributed by atoms with Crippen LogP contribution >= 0.6 is 15.9 Å². The first kappa shape index (κ1) is 24.3. The quantitative estimate of drug-likeness (QED) is 0.576. The van der Waals surface area contributed by atoms with Gasteiger partial charge < -0.3 is 19.6 Å². The van der Waals surface area contributed by atoms with Crippen LogP contribution in [0.4, 0.5) is 5.69 Å². The third-order valence-electron chi connectivity index (χ3n) is 6.97. The molecule has 0 unspecified atom stereocenters. The number of nitrogens with zero attached hydrogens (tertiary/aromatic N) is 4. The minimum absolute atomic E-state index is 0.0218. The molecule has 3 amide bonds. The highest BCUT2D eigenvalue weighted by atomic mass is 79.9. The van der Waals surface area contributed by atoms with E-state index in [-0.39, 0.29) is 24.3 Å². The Morgan fingerprint density at radius 3 is 2.29 bits per heavy atom. The van der Waals surface area contributed by atoms with Crippen LogP contribution in [-0.4, -0.2) is 77.4 Å². The first-order valence-electron chi connectivity index (χ1n) is 11.8. The predicted octanol–water partition coefficient (Wildman–Crippen LogP) is 3.60. The normalized spacial score (nSPS) is 17.4. The summed E-state index contributed by atoms with van der Waals surface area (Å²) in [5.41, 5.74) is 0.841. The molecule has 0 bridgehead atoms. The Labute approximate surface area is 209 Å². The van der Waals surface area contributed by atoms with Gasteiger partial charge in [-0.05, 0) is 57.0 Å². The molecule has 0 saturated carbocycles. The van der Waals surface area contributed by atoms with Crippen molar-refractivity contribution in [2.24, 2.45) is 0 Å². The van der Waals surface area contributed by atoms with Crippen molar-refractivity contribution in [2.45, 2.75) is 32.2 Å². The summed E-state index contributed by atoms with van der Waals surface area (Å²) in [5.74, 6) is -0.0847. The predicted molar refractivity (Wildman–Crippen MR) is 135 cm³/mol. The van der Waals surface area contributed by atoms with Gasteiger partial charge in [-0.3, -0.25) is 14.4 Å². The summed E-state index contributed by atoms with van der Waals surface area (Å²) in [4.78, 5) is 47.1. The van der Waals surface area contributed by atoms with E-state index in [4.69, 9.17) is 0 Å². The maximum atomic E-state index is 13.8. The molecule has 2 aliphatic heterocycles. The minimum atomic E-state index is -0.751. The molecule has 2 saturated heterocycles. The third-order valence-corrected chi connectivity index (χ3v) is 7.47. The zero-order valence-corrected chi connectivity index (χ0v) is 21.3. The van der Waals surface area contributed by atoms with Gasteiger partial charge in [0.1, 0.15) is 12.1 Å². The Hall–Kier alpha value is -2.87. The summed E-state index contributed by atoms with van der Waals surface area (Å²) in [7, 11) is 0. The van der Waals surface area contributed by atoms with Crippen LogP contribution in [0, 0.1) is 0 Å². The highest BCUT2D eigenvalue weighted by Crippen LogP contribution is 2.39. The lowest BCUT2D eigenvalue weighted by molar-refractivity contribution is -0.140. The Balaban J connectivity index is 1.56. The fourth-order valence-electron chi connectivity index (χ4n) is 5.05. The summed E-state index contributed by atoms with van der Waals surface area (Å²) in [6.45, 7) is 6.55. The van der Waals surface area contributed by atoms with Gasteiger partial charge in [-0.2, -0.15) is 0 Å². The van der Waals surface area contributed by atoms with Gasteiger partial charge in [0.2, 0.25) is 5.91 Å². The van der Waals surface area contributed by atoms with E-state index in [2.05, 4.69) is 20.8 Å². The summed E-state index contributed by atoms with van der Waals surface area (Å²) < 4.78 is 0.863. The van der Waals surface area contributed by atoms with Crippen LogP contribution < -0.4 is 4.90 Å². The van der Waals surface area contributed by atoms with Crippen molar-refractivity contribution in [1.82, 2.24) is 14.7 Å². The first-order valence-corrected chi connectivity index (χ1v) is 12.6. The Bertz CT molecular complexity index is 1050. The number of amides is 3. The molecule has 8 heteroatoms. The van der Waals surface area contributed by atoms with E-state index in [0.29, 0.717) is 51.3 Å². The van der Waals surface area contributed by atoms with Gasteiger partial charge in [0.25, 0.3) is 11.8 Å². The van der Waals surface area contributed by atoms with Gasteiger partial charge in [-0.15, -0.1) is 0 Å². The topological polar surface area (TPSA) is 64.2 Å². The van der Waals surface area contributed by atoms with Crippen LogP contribution in [0.5, 0.6) is 0 Å². The molecule has 2 aliphatic rings. The molecule has 2 aromatic rings. The van der Waals surface area contributed by atoms with Crippen LogP contribution in [0.1, 0.15) is 37.0 Å². The van der Waals surface area contributed by atoms with Gasteiger partial charge in [0.15, 0.2) is 0 Å². The van der Waals surface area contributed by atoms with E-state index in [0.717, 1.165) is 10.2 Å². The van der Waals surface area contributed by atoms with Gasteiger partial charge in [-0.25, -0.2) is 0 Å². The third kappa shape index (κ3) is 4.56. The number of rotatable bonds is 6. The van der Waals surface area contributed by atoms with Crippen molar-refractivity contribution in [2.75, 3.05) is 44.3 Å². The van der Waals surface area contributed by atoms with Crippen LogP contribution in [0.25, 0.3) is 0 Å². The van der Waals surface area contributed by atoms with E-state index >= 15 is 0 Å². The van der Waals surface area contributed by atoms with Gasteiger partial charge in [-0.1, -0.05) is 40.2 Å². The fraction of sp³-hybridized carbons (Fsp3) is 0.423. The molecule has 34 heavy (non-hydrogen) atoms. The molecule has 7 nitrogen and oxygen atoms in total. The average molecular weight is 527 g/mol. The Kier molecular flexibility index (Phi) is 7.26. The second-order valence-corrected chi connectivity index (χ2v) is 9.72. The standard InChI is InChI=1S/C26H31BrN4O3/c1-3-28(4-2)23(32)18-30-19-31(22-11-6-5-7-12-22)26(25(30)34)13-15-29(16-14-26)24(33)20-9-8-10-21(27)17-20/h5-12,17H,3-4,13-16,18-19H2,1-2H3. The van der Waals surface area contributed by atoms with Crippen LogP contribution in [0.2, 0.25) is 0 Å². The number of para-hydroxylation sites is 1. The maximum Gasteiger partial charge on any atom is 0.253 e. The molecule has 0 radical (unpaired) electrons. The number of halogens is 1. The van der Waals surface area contributed by atoms with Crippen molar-refractivity contribution >= 4 is 39.3 Å². The fourth-order valence-corrected chi connectivity index (χ4v) is 5.44. The smallest absolute Gasteiger partial charge is 0.253 e. The SMILES string of the molecule is CCN(CC)C(=O)CN1CN(c2ccccc2)C2(CCN(C(=O)c3cccc(Br)c3)CC2)C1=O. The average Bonchev–Trinajstić information content (AvgIpc) is 3.11. The molecule has 180 valence electrons. The van der Waals surface area contributed by atoms with E-state index < -0.39 is 5.54 Å². The zero-order valence-electron chi connectivity index (χ0n) is 19.7. The van der Waals surface area contributed by atoms with Crippen LogP contribution in [-0.2, 0) is 9.59 Å². The largest absolute Gasteiger partial charge is 0.342 e. The molecular formula is C26H31BrN4O3. The zero-order chi connectivity index (χ0) is 24.3. The number of hydrogen-bond acceptors (Lipinski definition) is 4. The van der Waals surface area contributed by atoms with Crippen molar-refractivity contribution < 1.29 is 14.4 Å². The second-order valence-electron chi connectivity index (χ2n) is 8.81. The number of piperidine rings is 1. The number of hydrogen-bond donors (Lipinski definition) is 0. The molecule has 0 aliphatic carbocycles. The van der Waals surface area contributed by atoms with E-state index in [1.807, 2.05) is 73.3 Å². The highest BCUT2D eigenvalue weighted by Gasteiger charge is 2.54. The van der Waals surface area contributed by atoms with Gasteiger partial charge in [0.05, 0.1) is 6.67 Å². The molecule has 0 N–H and O–H groups in total. The molecule has 2 heterocycles. The Morgan fingerprint density at radius 1 is 1.00 bits per heavy atom. The van der Waals surface area contributed by atoms with Crippen molar-refractivity contribution in [3.8, 4) is 0 Å². The van der Waals surface area contributed by atoms with E-state index in [1.54, 1.807) is 9.80 Å². The number of benzene rings is 2. The van der Waals surface area contributed by atoms with E-state index in [9.17, 15) is 14.4 Å². The van der Waals surface area contributed by atoms with Crippen molar-refractivity contribution in [3.63, 3.8) is 0 Å². The second kappa shape index (κ2) is 10.2. The number of carbonyl (C=O) groups is 3. The lowest BCUT2D eigenvalue weighted by atomic mass is 9.85. The minimum Gasteiger partial charge on any atom is -0.342 e. The van der Waals surface area contributed by atoms with Crippen LogP contribution in [0.15, 0.2) is 59.1 Å². The number of carbonyl (C=O) groups excluding carboxylic acids is 3. The number of likely N-dealkylation sites (N-methyl/N-ethyl adjacent to an activating group) is 1. The van der Waals surface area contributed by atoms with Gasteiger partial charge in [0, 0.05) is 41.9 Å². The summed E-state index contributed by atoms with van der Waals surface area (Å²) in [6.07, 6.45) is 1.05. The number of likely N-dealkylation sites (tertiary alicyclic amines) is 1. The van der Waals surface area contributed by atoms with Crippen molar-refractivity contribution in [1.29, 1.82) is 0 Å². The summed E-state index contributed by atoms with van der Waals surface area (Å²) >= 11 is 3.43. The summed E-state index contributed by atoms with van der Waals surface area (Å²) in [5, 5.41) is 0. The highest BCUT2D eigenvalue weighted by molar-refractivity contribution is 9.10.